The molecule has 1 aliphatic heterocycles. The molecular weight excluding hydrogens is 380 g/mol. The first-order valence-electron chi connectivity index (χ1n) is 10.5. The second kappa shape index (κ2) is 10.7. The number of nitrogens with one attached hydrogen (secondary N) is 1. The minimum Gasteiger partial charge on any atom is -0.484 e. The second-order valence-electron chi connectivity index (χ2n) is 7.93. The summed E-state index contributed by atoms with van der Waals surface area (Å²) in [6.07, 6.45) is 1.35. The molecule has 0 radical (unpaired) electrons. The molecule has 2 aromatic rings. The van der Waals surface area contributed by atoms with Gasteiger partial charge in [-0.3, -0.25) is 4.79 Å². The van der Waals surface area contributed by atoms with Crippen LogP contribution in [0.25, 0.3) is 0 Å². The molecule has 0 atom stereocenters. The number of piperidine rings is 1. The van der Waals surface area contributed by atoms with E-state index in [0.29, 0.717) is 43.0 Å². The zero-order valence-electron chi connectivity index (χ0n) is 17.7. The molecule has 2 aromatic carbocycles. The van der Waals surface area contributed by atoms with Crippen molar-refractivity contribution in [3.8, 4) is 11.5 Å². The molecule has 2 amide bonds. The van der Waals surface area contributed by atoms with Gasteiger partial charge in [-0.15, -0.1) is 0 Å². The van der Waals surface area contributed by atoms with Gasteiger partial charge < -0.3 is 19.7 Å². The number of carbonyl (C=O) groups is 2. The molecule has 1 heterocycles. The molecule has 3 rings (SSSR count). The summed E-state index contributed by atoms with van der Waals surface area (Å²) in [5, 5.41) is 2.94. The number of benzene rings is 2. The van der Waals surface area contributed by atoms with Gasteiger partial charge in [-0.1, -0.05) is 44.2 Å². The van der Waals surface area contributed by atoms with Crippen LogP contribution < -0.4 is 14.8 Å². The van der Waals surface area contributed by atoms with Gasteiger partial charge in [-0.25, -0.2) is 4.79 Å². The van der Waals surface area contributed by atoms with Gasteiger partial charge in [-0.2, -0.15) is 0 Å². The van der Waals surface area contributed by atoms with Gasteiger partial charge in [0.05, 0.1) is 0 Å². The van der Waals surface area contributed by atoms with Crippen LogP contribution in [0, 0.1) is 5.92 Å². The molecular formula is C24H30N2O4. The summed E-state index contributed by atoms with van der Waals surface area (Å²) in [5.41, 5.74) is 1.24. The molecule has 0 bridgehead atoms. The van der Waals surface area contributed by atoms with Crippen molar-refractivity contribution in [2.24, 2.45) is 5.92 Å². The topological polar surface area (TPSA) is 67.9 Å². The van der Waals surface area contributed by atoms with Crippen molar-refractivity contribution in [3.63, 3.8) is 0 Å². The van der Waals surface area contributed by atoms with Crippen LogP contribution in [0.2, 0.25) is 0 Å². The summed E-state index contributed by atoms with van der Waals surface area (Å²) in [5.74, 6) is 1.93. The molecule has 0 saturated carbocycles. The second-order valence-corrected chi connectivity index (χ2v) is 7.93. The number of nitrogens with zero attached hydrogens (tertiary/aromatic N) is 1. The monoisotopic (exact) mass is 410 g/mol. The maximum Gasteiger partial charge on any atom is 0.415 e. The molecule has 160 valence electrons. The lowest BCUT2D eigenvalue weighted by atomic mass is 9.97. The van der Waals surface area contributed by atoms with Gasteiger partial charge in [0.1, 0.15) is 11.5 Å². The standard InChI is InChI=1S/C24H30N2O4/c1-18(2)20-8-10-21(11-9-20)29-17-23(27)25-16-19-12-14-26(15-13-19)24(28)30-22-6-4-3-5-7-22/h3-11,18-19H,12-17H2,1-2H3,(H,25,27). The van der Waals surface area contributed by atoms with Gasteiger partial charge >= 0.3 is 6.09 Å². The third kappa shape index (κ3) is 6.51. The van der Waals surface area contributed by atoms with Crippen molar-refractivity contribution in [3.05, 3.63) is 60.2 Å². The summed E-state index contributed by atoms with van der Waals surface area (Å²) in [7, 11) is 0. The Balaban J connectivity index is 1.33. The van der Waals surface area contributed by atoms with Gasteiger partial charge in [0.25, 0.3) is 5.91 Å². The molecule has 30 heavy (non-hydrogen) atoms. The predicted octanol–water partition coefficient (Wildman–Crippen LogP) is 4.22. The first-order chi connectivity index (χ1) is 14.5. The first kappa shape index (κ1) is 21.7. The number of hydrogen-bond acceptors (Lipinski definition) is 4. The fourth-order valence-electron chi connectivity index (χ4n) is 3.38. The average molecular weight is 411 g/mol. The van der Waals surface area contributed by atoms with Crippen LogP contribution in [0.5, 0.6) is 11.5 Å². The Hall–Kier alpha value is -3.02. The van der Waals surface area contributed by atoms with Gasteiger partial charge in [0.15, 0.2) is 6.61 Å². The molecule has 0 spiro atoms. The Morgan fingerprint density at radius 1 is 1.00 bits per heavy atom. The van der Waals surface area contributed by atoms with E-state index in [9.17, 15) is 9.59 Å². The van der Waals surface area contributed by atoms with E-state index in [4.69, 9.17) is 9.47 Å². The Labute approximate surface area is 178 Å². The Kier molecular flexibility index (Phi) is 7.71. The summed E-state index contributed by atoms with van der Waals surface area (Å²) < 4.78 is 10.9. The third-order valence-electron chi connectivity index (χ3n) is 5.33. The maximum absolute atomic E-state index is 12.2. The molecule has 6 heteroatoms. The largest absolute Gasteiger partial charge is 0.484 e. The van der Waals surface area contributed by atoms with Gasteiger partial charge in [-0.05, 0) is 54.5 Å². The van der Waals surface area contributed by atoms with E-state index in [0.717, 1.165) is 12.8 Å². The SMILES string of the molecule is CC(C)c1ccc(OCC(=O)NCC2CCN(C(=O)Oc3ccccc3)CC2)cc1. The van der Waals surface area contributed by atoms with Crippen LogP contribution in [-0.2, 0) is 4.79 Å². The van der Waals surface area contributed by atoms with E-state index in [1.165, 1.54) is 5.56 Å². The minimum absolute atomic E-state index is 0.00325. The van der Waals surface area contributed by atoms with Crippen LogP contribution in [-0.4, -0.2) is 43.1 Å². The Morgan fingerprint density at radius 2 is 1.67 bits per heavy atom. The van der Waals surface area contributed by atoms with E-state index < -0.39 is 0 Å². The third-order valence-corrected chi connectivity index (χ3v) is 5.33. The van der Waals surface area contributed by atoms with Crippen LogP contribution >= 0.6 is 0 Å². The van der Waals surface area contributed by atoms with E-state index >= 15 is 0 Å². The highest BCUT2D eigenvalue weighted by Crippen LogP contribution is 2.20. The highest BCUT2D eigenvalue weighted by atomic mass is 16.6. The Bertz CT molecular complexity index is 813. The highest BCUT2D eigenvalue weighted by molar-refractivity contribution is 5.77. The number of carbonyl (C=O) groups excluding carboxylic acids is 2. The van der Waals surface area contributed by atoms with Crippen LogP contribution in [0.15, 0.2) is 54.6 Å². The van der Waals surface area contributed by atoms with E-state index in [1.54, 1.807) is 17.0 Å². The lowest BCUT2D eigenvalue weighted by Crippen LogP contribution is -2.43. The fraction of sp³-hybridized carbons (Fsp3) is 0.417. The molecule has 0 unspecified atom stereocenters. The summed E-state index contributed by atoms with van der Waals surface area (Å²) >= 11 is 0. The van der Waals surface area contributed by atoms with Gasteiger partial charge in [0.2, 0.25) is 0 Å². The molecule has 0 aromatic heterocycles. The van der Waals surface area contributed by atoms with Crippen molar-refractivity contribution in [2.75, 3.05) is 26.2 Å². The molecule has 1 saturated heterocycles. The lowest BCUT2D eigenvalue weighted by Gasteiger charge is -2.31. The van der Waals surface area contributed by atoms with Crippen molar-refractivity contribution in [1.82, 2.24) is 10.2 Å². The number of likely N-dealkylation sites (tertiary alicyclic amines) is 1. The number of rotatable bonds is 7. The van der Waals surface area contributed by atoms with Crippen molar-refractivity contribution in [1.29, 1.82) is 0 Å². The van der Waals surface area contributed by atoms with Crippen LogP contribution in [0.3, 0.4) is 0 Å². The maximum atomic E-state index is 12.2. The van der Waals surface area contributed by atoms with E-state index in [2.05, 4.69) is 19.2 Å². The smallest absolute Gasteiger partial charge is 0.415 e. The van der Waals surface area contributed by atoms with Crippen LogP contribution in [0.1, 0.15) is 38.2 Å². The molecule has 1 fully saturated rings. The predicted molar refractivity (Wildman–Crippen MR) is 116 cm³/mol. The summed E-state index contributed by atoms with van der Waals surface area (Å²) in [6.45, 7) is 6.13. The lowest BCUT2D eigenvalue weighted by molar-refractivity contribution is -0.123. The first-order valence-corrected chi connectivity index (χ1v) is 10.5. The molecule has 0 aliphatic carbocycles. The van der Waals surface area contributed by atoms with E-state index in [1.807, 2.05) is 42.5 Å². The number of para-hydroxylation sites is 1. The van der Waals surface area contributed by atoms with Crippen LogP contribution in [0.4, 0.5) is 4.79 Å². The van der Waals surface area contributed by atoms with Crippen molar-refractivity contribution >= 4 is 12.0 Å². The zero-order chi connectivity index (χ0) is 21.3. The number of ether oxygens (including phenoxy) is 2. The molecule has 6 nitrogen and oxygen atoms in total. The summed E-state index contributed by atoms with van der Waals surface area (Å²) in [6, 6.07) is 16.9. The quantitative estimate of drug-likeness (QED) is 0.742. The van der Waals surface area contributed by atoms with Gasteiger partial charge in [0, 0.05) is 19.6 Å². The van der Waals surface area contributed by atoms with Crippen molar-refractivity contribution < 1.29 is 19.1 Å². The average Bonchev–Trinajstić information content (AvgIpc) is 2.77. The molecule has 1 aliphatic rings. The Morgan fingerprint density at radius 3 is 2.30 bits per heavy atom. The normalized spacial score (nSPS) is 14.4. The fourth-order valence-corrected chi connectivity index (χ4v) is 3.38. The van der Waals surface area contributed by atoms with Crippen molar-refractivity contribution in [2.45, 2.75) is 32.6 Å². The zero-order valence-corrected chi connectivity index (χ0v) is 17.7. The minimum atomic E-state index is -0.319. The molecule has 1 N–H and O–H groups in total. The number of hydrogen-bond donors (Lipinski definition) is 1. The van der Waals surface area contributed by atoms with E-state index in [-0.39, 0.29) is 18.6 Å². The highest BCUT2D eigenvalue weighted by Gasteiger charge is 2.24. The number of amides is 2. The summed E-state index contributed by atoms with van der Waals surface area (Å²) in [4.78, 5) is 26.0.